The van der Waals surface area contributed by atoms with Gasteiger partial charge in [0, 0.05) is 9.79 Å². The Bertz CT molecular complexity index is 426. The number of carbonyl (C=O) groups is 1. The molecule has 0 unspecified atom stereocenters. The molecule has 1 N–H and O–H groups in total. The van der Waals surface area contributed by atoms with Crippen molar-refractivity contribution in [1.82, 2.24) is 0 Å². The molecule has 16 heavy (non-hydrogen) atoms. The molecule has 0 saturated heterocycles. The number of carboxylic acid groups (broad SMARTS) is 1. The molecule has 1 aromatic rings. The van der Waals surface area contributed by atoms with E-state index >= 15 is 0 Å². The van der Waals surface area contributed by atoms with Crippen LogP contribution >= 0.6 is 23.5 Å². The van der Waals surface area contributed by atoms with Crippen LogP contribution in [0.1, 0.15) is 12.5 Å². The first kappa shape index (κ1) is 12.9. The van der Waals surface area contributed by atoms with Crippen LogP contribution in [0.3, 0.4) is 0 Å². The van der Waals surface area contributed by atoms with Crippen molar-refractivity contribution in [2.24, 2.45) is 0 Å². The van der Waals surface area contributed by atoms with Gasteiger partial charge in [-0.1, -0.05) is 13.0 Å². The van der Waals surface area contributed by atoms with Crippen molar-refractivity contribution in [3.05, 3.63) is 23.8 Å². The van der Waals surface area contributed by atoms with Crippen molar-refractivity contribution in [1.29, 1.82) is 5.26 Å². The van der Waals surface area contributed by atoms with Gasteiger partial charge in [0.15, 0.2) is 0 Å². The van der Waals surface area contributed by atoms with Gasteiger partial charge in [-0.15, -0.1) is 23.5 Å². The number of nitrogens with zero attached hydrogens (tertiary/aromatic N) is 1. The highest BCUT2D eigenvalue weighted by molar-refractivity contribution is 8.00. The van der Waals surface area contributed by atoms with Crippen LogP contribution in [0.5, 0.6) is 0 Å². The average molecular weight is 253 g/mol. The van der Waals surface area contributed by atoms with Gasteiger partial charge >= 0.3 is 5.97 Å². The standard InChI is InChI=1S/C11H11NO2S2/c1-2-15-9-4-3-5-10(8(9)6-12)16-7-11(13)14/h3-5H,2,7H2,1H3,(H,13,14). The van der Waals surface area contributed by atoms with Gasteiger partial charge < -0.3 is 5.11 Å². The van der Waals surface area contributed by atoms with Gasteiger partial charge in [-0.05, 0) is 17.9 Å². The first-order chi connectivity index (χ1) is 7.69. The zero-order chi connectivity index (χ0) is 12.0. The Morgan fingerprint density at radius 2 is 2.06 bits per heavy atom. The monoisotopic (exact) mass is 253 g/mol. The molecule has 0 aliphatic heterocycles. The Labute approximate surface area is 103 Å². The molecular formula is C11H11NO2S2. The van der Waals surface area contributed by atoms with Crippen molar-refractivity contribution in [3.8, 4) is 6.07 Å². The molecule has 0 aliphatic rings. The highest BCUT2D eigenvalue weighted by Gasteiger charge is 2.09. The minimum Gasteiger partial charge on any atom is -0.481 e. The smallest absolute Gasteiger partial charge is 0.313 e. The third-order valence-corrected chi connectivity index (χ3v) is 3.73. The molecule has 0 fully saturated rings. The highest BCUT2D eigenvalue weighted by Crippen LogP contribution is 2.30. The van der Waals surface area contributed by atoms with Gasteiger partial charge in [-0.2, -0.15) is 5.26 Å². The van der Waals surface area contributed by atoms with Gasteiger partial charge in [-0.3, -0.25) is 4.79 Å². The van der Waals surface area contributed by atoms with E-state index in [1.165, 1.54) is 11.8 Å². The van der Waals surface area contributed by atoms with Crippen molar-refractivity contribution in [2.45, 2.75) is 16.7 Å². The summed E-state index contributed by atoms with van der Waals surface area (Å²) in [6, 6.07) is 7.66. The number of benzene rings is 1. The van der Waals surface area contributed by atoms with Crippen molar-refractivity contribution >= 4 is 29.5 Å². The second-order valence-electron chi connectivity index (χ2n) is 2.86. The van der Waals surface area contributed by atoms with E-state index in [2.05, 4.69) is 6.07 Å². The summed E-state index contributed by atoms with van der Waals surface area (Å²) in [5.74, 6) is -0.00106. The SMILES string of the molecule is CCSc1cccc(SCC(=O)O)c1C#N. The van der Waals surface area contributed by atoms with Crippen LogP contribution in [-0.2, 0) is 4.79 Å². The molecule has 0 heterocycles. The fourth-order valence-electron chi connectivity index (χ4n) is 1.16. The minimum absolute atomic E-state index is 0.0189. The summed E-state index contributed by atoms with van der Waals surface area (Å²) < 4.78 is 0. The summed E-state index contributed by atoms with van der Waals surface area (Å²) in [6.07, 6.45) is 0. The predicted octanol–water partition coefficient (Wildman–Crippen LogP) is 2.85. The lowest BCUT2D eigenvalue weighted by Crippen LogP contribution is -1.98. The van der Waals surface area contributed by atoms with Crippen LogP contribution in [0.15, 0.2) is 28.0 Å². The van der Waals surface area contributed by atoms with E-state index < -0.39 is 5.97 Å². The molecule has 0 amide bonds. The Hall–Kier alpha value is -1.12. The second kappa shape index (κ2) is 6.46. The number of thioether (sulfide) groups is 2. The van der Waals surface area contributed by atoms with Crippen molar-refractivity contribution < 1.29 is 9.90 Å². The third kappa shape index (κ3) is 3.47. The van der Waals surface area contributed by atoms with Gasteiger partial charge in [0.05, 0.1) is 11.3 Å². The molecule has 0 aliphatic carbocycles. The van der Waals surface area contributed by atoms with E-state index in [9.17, 15) is 4.79 Å². The molecule has 1 rings (SSSR count). The lowest BCUT2D eigenvalue weighted by Gasteiger charge is -2.06. The number of rotatable bonds is 5. The van der Waals surface area contributed by atoms with Crippen LogP contribution in [0.25, 0.3) is 0 Å². The molecule has 0 spiro atoms. The lowest BCUT2D eigenvalue weighted by atomic mass is 10.2. The summed E-state index contributed by atoms with van der Waals surface area (Å²) in [5, 5.41) is 17.7. The zero-order valence-corrected chi connectivity index (χ0v) is 10.4. The molecule has 0 saturated carbocycles. The number of nitriles is 1. The van der Waals surface area contributed by atoms with Crippen LogP contribution in [0.4, 0.5) is 0 Å². The molecule has 84 valence electrons. The zero-order valence-electron chi connectivity index (χ0n) is 8.77. The molecule has 0 bridgehead atoms. The fourth-order valence-corrected chi connectivity index (χ4v) is 2.76. The van der Waals surface area contributed by atoms with Crippen LogP contribution in [0, 0.1) is 11.3 Å². The topological polar surface area (TPSA) is 61.1 Å². The molecule has 3 nitrogen and oxygen atoms in total. The van der Waals surface area contributed by atoms with E-state index in [0.29, 0.717) is 5.56 Å². The maximum Gasteiger partial charge on any atom is 0.313 e. The van der Waals surface area contributed by atoms with E-state index in [4.69, 9.17) is 10.4 Å². The maximum absolute atomic E-state index is 10.5. The van der Waals surface area contributed by atoms with Crippen LogP contribution in [-0.4, -0.2) is 22.6 Å². The molecule has 5 heteroatoms. The van der Waals surface area contributed by atoms with Crippen LogP contribution < -0.4 is 0 Å². The van der Waals surface area contributed by atoms with Gasteiger partial charge in [0.2, 0.25) is 0 Å². The first-order valence-electron chi connectivity index (χ1n) is 4.69. The largest absolute Gasteiger partial charge is 0.481 e. The normalized spacial score (nSPS) is 9.75. The van der Waals surface area contributed by atoms with E-state index in [1.54, 1.807) is 17.8 Å². The summed E-state index contributed by atoms with van der Waals surface area (Å²) in [4.78, 5) is 12.1. The molecule has 1 aromatic carbocycles. The number of aliphatic carboxylic acids is 1. The molecule has 0 aromatic heterocycles. The number of hydrogen-bond donors (Lipinski definition) is 1. The van der Waals surface area contributed by atoms with E-state index in [1.807, 2.05) is 19.1 Å². The molecule has 0 atom stereocenters. The fraction of sp³-hybridized carbons (Fsp3) is 0.273. The summed E-state index contributed by atoms with van der Waals surface area (Å²) in [5.41, 5.74) is 0.584. The number of hydrogen-bond acceptors (Lipinski definition) is 4. The maximum atomic E-state index is 10.5. The Morgan fingerprint density at radius 3 is 2.56 bits per heavy atom. The van der Waals surface area contributed by atoms with E-state index in [0.717, 1.165) is 15.5 Å². The Kier molecular flexibility index (Phi) is 5.23. The Morgan fingerprint density at radius 1 is 1.44 bits per heavy atom. The summed E-state index contributed by atoms with van der Waals surface area (Å²) in [6.45, 7) is 2.02. The number of carboxylic acids is 1. The van der Waals surface area contributed by atoms with Gasteiger partial charge in [-0.25, -0.2) is 0 Å². The quantitative estimate of drug-likeness (QED) is 0.818. The summed E-state index contributed by atoms with van der Waals surface area (Å²) >= 11 is 2.78. The lowest BCUT2D eigenvalue weighted by molar-refractivity contribution is -0.133. The van der Waals surface area contributed by atoms with E-state index in [-0.39, 0.29) is 5.75 Å². The highest BCUT2D eigenvalue weighted by atomic mass is 32.2. The Balaban J connectivity index is 2.95. The van der Waals surface area contributed by atoms with Gasteiger partial charge in [0.1, 0.15) is 6.07 Å². The predicted molar refractivity (Wildman–Crippen MR) is 65.9 cm³/mol. The van der Waals surface area contributed by atoms with Gasteiger partial charge in [0.25, 0.3) is 0 Å². The molecular weight excluding hydrogens is 242 g/mol. The third-order valence-electron chi connectivity index (χ3n) is 1.75. The minimum atomic E-state index is -0.873. The van der Waals surface area contributed by atoms with Crippen LogP contribution in [0.2, 0.25) is 0 Å². The molecule has 0 radical (unpaired) electrons. The van der Waals surface area contributed by atoms with Crippen molar-refractivity contribution in [3.63, 3.8) is 0 Å². The second-order valence-corrected chi connectivity index (χ2v) is 5.18. The summed E-state index contributed by atoms with van der Waals surface area (Å²) in [7, 11) is 0. The average Bonchev–Trinajstić information content (AvgIpc) is 2.27. The first-order valence-corrected chi connectivity index (χ1v) is 6.66. The van der Waals surface area contributed by atoms with Crippen molar-refractivity contribution in [2.75, 3.05) is 11.5 Å².